The lowest BCUT2D eigenvalue weighted by Crippen LogP contribution is -2.39. The first-order valence-corrected chi connectivity index (χ1v) is 8.06. The summed E-state index contributed by atoms with van der Waals surface area (Å²) in [5.74, 6) is -0.268. The van der Waals surface area contributed by atoms with E-state index in [1.807, 2.05) is 30.3 Å². The number of rotatable bonds is 7. The summed E-state index contributed by atoms with van der Waals surface area (Å²) >= 11 is 5.78. The van der Waals surface area contributed by atoms with Crippen molar-refractivity contribution < 1.29 is 9.59 Å². The first kappa shape index (κ1) is 17.8. The van der Waals surface area contributed by atoms with E-state index in [4.69, 9.17) is 11.6 Å². The van der Waals surface area contributed by atoms with E-state index in [0.717, 1.165) is 5.69 Å². The van der Waals surface area contributed by atoms with Crippen molar-refractivity contribution in [1.29, 1.82) is 0 Å². The van der Waals surface area contributed by atoms with Gasteiger partial charge in [-0.05, 0) is 42.8 Å². The second kappa shape index (κ2) is 8.93. The van der Waals surface area contributed by atoms with Gasteiger partial charge in [-0.1, -0.05) is 29.8 Å². The van der Waals surface area contributed by atoms with Crippen molar-refractivity contribution in [2.45, 2.75) is 12.8 Å². The maximum absolute atomic E-state index is 11.9. The van der Waals surface area contributed by atoms with Gasteiger partial charge in [-0.3, -0.25) is 20.0 Å². The molecule has 2 amide bonds. The number of benzene rings is 2. The summed E-state index contributed by atoms with van der Waals surface area (Å²) < 4.78 is 0. The third-order valence-corrected chi connectivity index (χ3v) is 3.66. The van der Waals surface area contributed by atoms with Crippen LogP contribution in [0.5, 0.6) is 0 Å². The van der Waals surface area contributed by atoms with E-state index in [-0.39, 0.29) is 11.8 Å². The van der Waals surface area contributed by atoms with Gasteiger partial charge in [0.15, 0.2) is 0 Å². The normalized spacial score (nSPS) is 10.1. The van der Waals surface area contributed by atoms with Gasteiger partial charge in [-0.2, -0.15) is 0 Å². The minimum atomic E-state index is -0.173. The molecule has 0 aromatic heterocycles. The zero-order chi connectivity index (χ0) is 17.4. The van der Waals surface area contributed by atoms with Gasteiger partial charge in [-0.15, -0.1) is 0 Å². The molecule has 126 valence electrons. The number of carbonyl (C=O) groups is 2. The number of nitrogens with one attached hydrogen (secondary N) is 2. The van der Waals surface area contributed by atoms with Gasteiger partial charge in [-0.25, -0.2) is 0 Å². The van der Waals surface area contributed by atoms with Crippen LogP contribution in [0.15, 0.2) is 54.6 Å². The molecule has 2 aromatic carbocycles. The molecular weight excluding hydrogens is 326 g/mol. The van der Waals surface area contributed by atoms with E-state index in [9.17, 15) is 9.59 Å². The SMILES string of the molecule is CN(NC(=O)CCCNC(=O)c1ccc(Cl)cc1)c1ccccc1. The summed E-state index contributed by atoms with van der Waals surface area (Å²) in [6, 6.07) is 16.2. The molecule has 0 radical (unpaired) electrons. The molecule has 0 aliphatic heterocycles. The number of hydrazine groups is 1. The van der Waals surface area contributed by atoms with Gasteiger partial charge in [0.25, 0.3) is 5.91 Å². The molecular formula is C18H20ClN3O2. The minimum Gasteiger partial charge on any atom is -0.352 e. The Morgan fingerprint density at radius 3 is 2.38 bits per heavy atom. The fourth-order valence-electron chi connectivity index (χ4n) is 2.11. The average Bonchev–Trinajstić information content (AvgIpc) is 2.60. The van der Waals surface area contributed by atoms with E-state index in [1.165, 1.54) is 0 Å². The van der Waals surface area contributed by atoms with Crippen molar-refractivity contribution >= 4 is 29.1 Å². The lowest BCUT2D eigenvalue weighted by Gasteiger charge is -2.20. The number of hydrogen-bond acceptors (Lipinski definition) is 3. The van der Waals surface area contributed by atoms with Gasteiger partial charge in [0.1, 0.15) is 0 Å². The van der Waals surface area contributed by atoms with Crippen LogP contribution in [-0.2, 0) is 4.79 Å². The van der Waals surface area contributed by atoms with Crippen molar-refractivity contribution in [3.05, 3.63) is 65.2 Å². The van der Waals surface area contributed by atoms with E-state index in [1.54, 1.807) is 36.3 Å². The van der Waals surface area contributed by atoms with Crippen LogP contribution >= 0.6 is 11.6 Å². The lowest BCUT2D eigenvalue weighted by atomic mass is 10.2. The predicted octanol–water partition coefficient (Wildman–Crippen LogP) is 3.02. The Kier molecular flexibility index (Phi) is 6.63. The zero-order valence-corrected chi connectivity index (χ0v) is 14.2. The standard InChI is InChI=1S/C18H20ClN3O2/c1-22(16-6-3-2-4-7-16)21-17(23)8-5-13-20-18(24)14-9-11-15(19)12-10-14/h2-4,6-7,9-12H,5,8,13H2,1H3,(H,20,24)(H,21,23). The Morgan fingerprint density at radius 2 is 1.71 bits per heavy atom. The smallest absolute Gasteiger partial charge is 0.251 e. The Bertz CT molecular complexity index is 674. The zero-order valence-electron chi connectivity index (χ0n) is 13.5. The highest BCUT2D eigenvalue weighted by Crippen LogP contribution is 2.10. The number of amides is 2. The summed E-state index contributed by atoms with van der Waals surface area (Å²) in [6.07, 6.45) is 0.895. The van der Waals surface area contributed by atoms with Crippen molar-refractivity contribution in [1.82, 2.24) is 10.7 Å². The monoisotopic (exact) mass is 345 g/mol. The van der Waals surface area contributed by atoms with Crippen LogP contribution in [0.25, 0.3) is 0 Å². The number of para-hydroxylation sites is 1. The first-order valence-electron chi connectivity index (χ1n) is 7.68. The second-order valence-corrected chi connectivity index (χ2v) is 5.73. The fourth-order valence-corrected chi connectivity index (χ4v) is 2.24. The van der Waals surface area contributed by atoms with Crippen LogP contribution in [0.4, 0.5) is 5.69 Å². The van der Waals surface area contributed by atoms with Crippen LogP contribution in [0, 0.1) is 0 Å². The van der Waals surface area contributed by atoms with Crippen molar-refractivity contribution in [3.8, 4) is 0 Å². The highest BCUT2D eigenvalue weighted by Gasteiger charge is 2.07. The van der Waals surface area contributed by atoms with Crippen molar-refractivity contribution in [3.63, 3.8) is 0 Å². The highest BCUT2D eigenvalue weighted by atomic mass is 35.5. The number of nitrogens with zero attached hydrogens (tertiary/aromatic N) is 1. The van der Waals surface area contributed by atoms with E-state index in [0.29, 0.717) is 30.0 Å². The van der Waals surface area contributed by atoms with E-state index in [2.05, 4.69) is 10.7 Å². The van der Waals surface area contributed by atoms with Crippen LogP contribution < -0.4 is 15.8 Å². The third kappa shape index (κ3) is 5.59. The molecule has 24 heavy (non-hydrogen) atoms. The molecule has 0 heterocycles. The summed E-state index contributed by atoms with van der Waals surface area (Å²) in [7, 11) is 1.79. The van der Waals surface area contributed by atoms with Gasteiger partial charge in [0.2, 0.25) is 5.91 Å². The van der Waals surface area contributed by atoms with Crippen molar-refractivity contribution in [2.24, 2.45) is 0 Å². The van der Waals surface area contributed by atoms with Gasteiger partial charge in [0, 0.05) is 30.6 Å². The molecule has 0 bridgehead atoms. The predicted molar refractivity (Wildman–Crippen MR) is 96.0 cm³/mol. The van der Waals surface area contributed by atoms with Crippen LogP contribution in [0.3, 0.4) is 0 Å². The van der Waals surface area contributed by atoms with E-state index < -0.39 is 0 Å². The molecule has 0 aliphatic carbocycles. The van der Waals surface area contributed by atoms with Crippen LogP contribution in [0.2, 0.25) is 5.02 Å². The summed E-state index contributed by atoms with van der Waals surface area (Å²) in [4.78, 5) is 23.8. The molecule has 6 heteroatoms. The van der Waals surface area contributed by atoms with E-state index >= 15 is 0 Å². The lowest BCUT2D eigenvalue weighted by molar-refractivity contribution is -0.121. The number of halogens is 1. The molecule has 5 nitrogen and oxygen atoms in total. The molecule has 0 fully saturated rings. The Balaban J connectivity index is 1.67. The van der Waals surface area contributed by atoms with Gasteiger partial charge in [0.05, 0.1) is 5.69 Å². The molecule has 0 unspecified atom stereocenters. The molecule has 2 N–H and O–H groups in total. The molecule has 0 atom stereocenters. The largest absolute Gasteiger partial charge is 0.352 e. The molecule has 2 rings (SSSR count). The molecule has 0 aliphatic rings. The first-order chi connectivity index (χ1) is 11.6. The van der Waals surface area contributed by atoms with Gasteiger partial charge >= 0.3 is 0 Å². The van der Waals surface area contributed by atoms with Crippen LogP contribution in [-0.4, -0.2) is 25.4 Å². The summed E-state index contributed by atoms with van der Waals surface area (Å²) in [5, 5.41) is 5.05. The summed E-state index contributed by atoms with van der Waals surface area (Å²) in [5.41, 5.74) is 4.24. The molecule has 0 saturated carbocycles. The number of carbonyl (C=O) groups excluding carboxylic acids is 2. The molecule has 0 saturated heterocycles. The highest BCUT2D eigenvalue weighted by molar-refractivity contribution is 6.30. The molecule has 2 aromatic rings. The topological polar surface area (TPSA) is 61.4 Å². The quantitative estimate of drug-likeness (QED) is 0.599. The fraction of sp³-hybridized carbons (Fsp3) is 0.222. The third-order valence-electron chi connectivity index (χ3n) is 3.41. The summed E-state index contributed by atoms with van der Waals surface area (Å²) in [6.45, 7) is 0.434. The Morgan fingerprint density at radius 1 is 1.04 bits per heavy atom. The average molecular weight is 346 g/mol. The van der Waals surface area contributed by atoms with Crippen molar-refractivity contribution in [2.75, 3.05) is 18.6 Å². The maximum atomic E-state index is 11.9. The minimum absolute atomic E-state index is 0.0953. The Labute approximate surface area is 146 Å². The van der Waals surface area contributed by atoms with Gasteiger partial charge < -0.3 is 5.32 Å². The maximum Gasteiger partial charge on any atom is 0.251 e. The Hall–Kier alpha value is -2.53. The molecule has 0 spiro atoms. The second-order valence-electron chi connectivity index (χ2n) is 5.30. The number of anilines is 1. The number of hydrogen-bond donors (Lipinski definition) is 2. The van der Waals surface area contributed by atoms with Crippen LogP contribution in [0.1, 0.15) is 23.2 Å².